The van der Waals surface area contributed by atoms with Crippen LogP contribution in [0.3, 0.4) is 0 Å². The smallest absolute Gasteiger partial charge is 0.152 e. The summed E-state index contributed by atoms with van der Waals surface area (Å²) in [5, 5.41) is 4.42. The second kappa shape index (κ2) is 4.72. The summed E-state index contributed by atoms with van der Waals surface area (Å²) in [6, 6.07) is 4.15. The van der Waals surface area contributed by atoms with Crippen LogP contribution in [0, 0.1) is 19.7 Å². The van der Waals surface area contributed by atoms with Gasteiger partial charge in [0.15, 0.2) is 6.29 Å². The maximum absolute atomic E-state index is 13.1. The minimum absolute atomic E-state index is 0.309. The molecule has 4 heteroatoms. The number of carbonyl (C=O) groups excluding carboxylic acids is 1. The van der Waals surface area contributed by atoms with Crippen LogP contribution in [0.5, 0.6) is 0 Å². The third-order valence-corrected chi connectivity index (χ3v) is 3.14. The molecular weight excluding hydrogens is 231 g/mol. The van der Waals surface area contributed by atoms with Crippen LogP contribution in [0.1, 0.15) is 34.2 Å². The lowest BCUT2D eigenvalue weighted by Gasteiger charge is -2.07. The highest BCUT2D eigenvalue weighted by Gasteiger charge is 2.14. The van der Waals surface area contributed by atoms with E-state index in [1.807, 2.05) is 13.8 Å². The van der Waals surface area contributed by atoms with Gasteiger partial charge in [0, 0.05) is 11.3 Å². The van der Waals surface area contributed by atoms with Crippen molar-refractivity contribution in [3.8, 4) is 5.69 Å². The highest BCUT2D eigenvalue weighted by Crippen LogP contribution is 2.21. The van der Waals surface area contributed by atoms with Crippen molar-refractivity contribution < 1.29 is 9.18 Å². The lowest BCUT2D eigenvalue weighted by molar-refractivity contribution is 0.112. The molecule has 0 spiro atoms. The number of nitrogens with zero attached hydrogens (tertiary/aromatic N) is 2. The van der Waals surface area contributed by atoms with Crippen LogP contribution < -0.4 is 0 Å². The number of rotatable bonds is 3. The quantitative estimate of drug-likeness (QED) is 0.780. The fourth-order valence-corrected chi connectivity index (χ4v) is 2.23. The number of halogens is 1. The van der Waals surface area contributed by atoms with Gasteiger partial charge in [-0.1, -0.05) is 6.92 Å². The normalized spacial score (nSPS) is 10.7. The van der Waals surface area contributed by atoms with Crippen molar-refractivity contribution in [2.75, 3.05) is 0 Å². The Balaban J connectivity index is 2.65. The largest absolute Gasteiger partial charge is 0.298 e. The Morgan fingerprint density at radius 3 is 2.67 bits per heavy atom. The summed E-state index contributed by atoms with van der Waals surface area (Å²) in [5.41, 5.74) is 4.02. The summed E-state index contributed by atoms with van der Waals surface area (Å²) >= 11 is 0. The first-order valence-corrected chi connectivity index (χ1v) is 5.88. The molecule has 2 rings (SSSR count). The molecule has 0 radical (unpaired) electrons. The molecule has 0 amide bonds. The number of aryl methyl sites for hydroxylation is 1. The van der Waals surface area contributed by atoms with Gasteiger partial charge >= 0.3 is 0 Å². The maximum atomic E-state index is 13.1. The Hall–Kier alpha value is -1.97. The third-order valence-electron chi connectivity index (χ3n) is 3.14. The van der Waals surface area contributed by atoms with Crippen LogP contribution in [-0.4, -0.2) is 16.1 Å². The summed E-state index contributed by atoms with van der Waals surface area (Å²) < 4.78 is 14.8. The van der Waals surface area contributed by atoms with E-state index in [4.69, 9.17) is 0 Å². The first-order chi connectivity index (χ1) is 8.58. The molecule has 0 unspecified atom stereocenters. The lowest BCUT2D eigenvalue weighted by Crippen LogP contribution is -2.04. The monoisotopic (exact) mass is 246 g/mol. The topological polar surface area (TPSA) is 34.9 Å². The average molecular weight is 246 g/mol. The fourth-order valence-electron chi connectivity index (χ4n) is 2.23. The van der Waals surface area contributed by atoms with Crippen molar-refractivity contribution in [3.63, 3.8) is 0 Å². The third kappa shape index (κ3) is 1.94. The fraction of sp³-hybridized carbons (Fsp3) is 0.286. The minimum atomic E-state index is -0.418. The first-order valence-electron chi connectivity index (χ1n) is 5.88. The van der Waals surface area contributed by atoms with Gasteiger partial charge in [-0.15, -0.1) is 0 Å². The molecule has 1 aromatic carbocycles. The molecule has 2 aromatic rings. The van der Waals surface area contributed by atoms with E-state index in [0.717, 1.165) is 23.4 Å². The van der Waals surface area contributed by atoms with E-state index in [-0.39, 0.29) is 0 Å². The van der Waals surface area contributed by atoms with Gasteiger partial charge in [0.2, 0.25) is 0 Å². The Labute approximate surface area is 105 Å². The van der Waals surface area contributed by atoms with Crippen LogP contribution in [0.15, 0.2) is 18.2 Å². The number of aromatic nitrogens is 2. The van der Waals surface area contributed by atoms with Crippen LogP contribution in [0.25, 0.3) is 5.69 Å². The molecule has 3 nitrogen and oxygen atoms in total. The maximum Gasteiger partial charge on any atom is 0.152 e. The number of hydrogen-bond donors (Lipinski definition) is 0. The first kappa shape index (κ1) is 12.5. The van der Waals surface area contributed by atoms with Crippen molar-refractivity contribution in [1.29, 1.82) is 0 Å². The Morgan fingerprint density at radius 2 is 2.11 bits per heavy atom. The van der Waals surface area contributed by atoms with E-state index in [0.29, 0.717) is 17.5 Å². The minimum Gasteiger partial charge on any atom is -0.298 e. The molecule has 18 heavy (non-hydrogen) atoms. The summed E-state index contributed by atoms with van der Waals surface area (Å²) in [7, 11) is 0. The van der Waals surface area contributed by atoms with Crippen molar-refractivity contribution in [2.45, 2.75) is 27.2 Å². The molecule has 0 fully saturated rings. The second-order valence-electron chi connectivity index (χ2n) is 4.24. The van der Waals surface area contributed by atoms with Gasteiger partial charge in [0.25, 0.3) is 0 Å². The highest BCUT2D eigenvalue weighted by atomic mass is 19.1. The molecule has 1 aromatic heterocycles. The van der Waals surface area contributed by atoms with E-state index >= 15 is 0 Å². The molecule has 0 bridgehead atoms. The van der Waals surface area contributed by atoms with Gasteiger partial charge in [-0.3, -0.25) is 4.79 Å². The van der Waals surface area contributed by atoms with Gasteiger partial charge in [0.1, 0.15) is 5.82 Å². The van der Waals surface area contributed by atoms with Crippen LogP contribution in [-0.2, 0) is 6.42 Å². The predicted octanol–water partition coefficient (Wildman–Crippen LogP) is 3.00. The number of hydrogen-bond acceptors (Lipinski definition) is 2. The Kier molecular flexibility index (Phi) is 3.28. The zero-order chi connectivity index (χ0) is 13.3. The zero-order valence-corrected chi connectivity index (χ0v) is 10.7. The number of aldehydes is 1. The molecule has 0 N–H and O–H groups in total. The van der Waals surface area contributed by atoms with E-state index in [2.05, 4.69) is 12.0 Å². The second-order valence-corrected chi connectivity index (χ2v) is 4.24. The van der Waals surface area contributed by atoms with Gasteiger partial charge in [-0.05, 0) is 44.0 Å². The summed E-state index contributed by atoms with van der Waals surface area (Å²) in [4.78, 5) is 11.0. The summed E-state index contributed by atoms with van der Waals surface area (Å²) in [6.07, 6.45) is 1.54. The molecule has 94 valence electrons. The van der Waals surface area contributed by atoms with Crippen molar-refractivity contribution >= 4 is 6.29 Å². The Bertz CT molecular complexity index is 602. The molecule has 1 heterocycles. The van der Waals surface area contributed by atoms with E-state index in [9.17, 15) is 9.18 Å². The standard InChI is InChI=1S/C14H15FN2O/c1-4-13-9(2)16-17(10(13)3)14-6-5-12(15)7-11(14)8-18/h5-8H,4H2,1-3H3. The molecule has 0 saturated carbocycles. The van der Waals surface area contributed by atoms with Crippen LogP contribution in [0.2, 0.25) is 0 Å². The van der Waals surface area contributed by atoms with Crippen molar-refractivity contribution in [2.24, 2.45) is 0 Å². The summed E-state index contributed by atoms with van der Waals surface area (Å²) in [5.74, 6) is -0.418. The van der Waals surface area contributed by atoms with Crippen LogP contribution >= 0.6 is 0 Å². The van der Waals surface area contributed by atoms with Gasteiger partial charge < -0.3 is 0 Å². The molecular formula is C14H15FN2O. The molecule has 0 atom stereocenters. The molecule has 0 aliphatic rings. The summed E-state index contributed by atoms with van der Waals surface area (Å²) in [6.45, 7) is 5.95. The molecule has 0 saturated heterocycles. The average Bonchev–Trinajstić information content (AvgIpc) is 2.64. The van der Waals surface area contributed by atoms with E-state index in [1.54, 1.807) is 10.7 Å². The van der Waals surface area contributed by atoms with Crippen molar-refractivity contribution in [1.82, 2.24) is 9.78 Å². The van der Waals surface area contributed by atoms with Gasteiger partial charge in [-0.25, -0.2) is 9.07 Å². The molecule has 0 aliphatic heterocycles. The predicted molar refractivity (Wildman–Crippen MR) is 67.8 cm³/mol. The number of carbonyl (C=O) groups is 1. The van der Waals surface area contributed by atoms with Gasteiger partial charge in [0.05, 0.1) is 11.4 Å². The van der Waals surface area contributed by atoms with E-state index < -0.39 is 5.82 Å². The Morgan fingerprint density at radius 1 is 1.39 bits per heavy atom. The van der Waals surface area contributed by atoms with Crippen LogP contribution in [0.4, 0.5) is 4.39 Å². The lowest BCUT2D eigenvalue weighted by atomic mass is 10.1. The van der Waals surface area contributed by atoms with E-state index in [1.165, 1.54) is 12.1 Å². The van der Waals surface area contributed by atoms with Gasteiger partial charge in [-0.2, -0.15) is 5.10 Å². The highest BCUT2D eigenvalue weighted by molar-refractivity contribution is 5.80. The van der Waals surface area contributed by atoms with Crippen molar-refractivity contribution in [3.05, 3.63) is 46.5 Å². The zero-order valence-electron chi connectivity index (χ0n) is 10.7. The molecule has 0 aliphatic carbocycles. The SMILES string of the molecule is CCc1c(C)nn(-c2ccc(F)cc2C=O)c1C. The number of benzene rings is 1.